The Morgan fingerprint density at radius 3 is 3.13 bits per heavy atom. The molecular weight excluding hydrogens is 312 g/mol. The molecule has 2 bridgehead atoms. The Hall–Kier alpha value is -1.95. The molecule has 3 fully saturated rings. The number of carbonyl (C=O) groups is 2. The van der Waals surface area contributed by atoms with E-state index in [1.165, 1.54) is 16.9 Å². The van der Waals surface area contributed by atoms with Gasteiger partial charge in [-0.3, -0.25) is 9.59 Å². The van der Waals surface area contributed by atoms with Gasteiger partial charge in [-0.25, -0.2) is 4.98 Å². The Bertz CT molecular complexity index is 843. The van der Waals surface area contributed by atoms with E-state index in [1.807, 2.05) is 19.1 Å². The number of aromatic nitrogens is 1. The van der Waals surface area contributed by atoms with Crippen LogP contribution in [-0.2, 0) is 14.3 Å². The summed E-state index contributed by atoms with van der Waals surface area (Å²) in [4.78, 5) is 29.2. The molecule has 1 aromatic heterocycles. The maximum absolute atomic E-state index is 12.7. The number of benzene rings is 1. The number of fused-ring (bicyclic) bond motifs is 2. The van der Waals surface area contributed by atoms with Crippen molar-refractivity contribution in [3.63, 3.8) is 0 Å². The van der Waals surface area contributed by atoms with Crippen LogP contribution < -0.4 is 5.32 Å². The Labute approximate surface area is 137 Å². The molecule has 0 radical (unpaired) electrons. The van der Waals surface area contributed by atoms with Gasteiger partial charge in [-0.15, -0.1) is 0 Å². The summed E-state index contributed by atoms with van der Waals surface area (Å²) in [5, 5.41) is 3.55. The third kappa shape index (κ3) is 1.87. The van der Waals surface area contributed by atoms with E-state index in [-0.39, 0.29) is 41.7 Å². The van der Waals surface area contributed by atoms with Crippen molar-refractivity contribution in [1.82, 2.24) is 4.98 Å². The van der Waals surface area contributed by atoms with Gasteiger partial charge < -0.3 is 10.1 Å². The first-order chi connectivity index (χ1) is 11.1. The van der Waals surface area contributed by atoms with Crippen LogP contribution in [0.2, 0.25) is 0 Å². The molecule has 5 rings (SSSR count). The highest BCUT2D eigenvalue weighted by atomic mass is 32.1. The molecule has 5 nitrogen and oxygen atoms in total. The van der Waals surface area contributed by atoms with E-state index >= 15 is 0 Å². The van der Waals surface area contributed by atoms with Crippen molar-refractivity contribution < 1.29 is 14.3 Å². The van der Waals surface area contributed by atoms with Crippen LogP contribution in [0.1, 0.15) is 18.4 Å². The van der Waals surface area contributed by atoms with E-state index in [4.69, 9.17) is 4.74 Å². The van der Waals surface area contributed by atoms with Crippen LogP contribution in [0, 0.1) is 30.6 Å². The minimum atomic E-state index is -0.250. The number of hydrogen-bond donors (Lipinski definition) is 1. The number of ether oxygens (including phenoxy) is 1. The summed E-state index contributed by atoms with van der Waals surface area (Å²) in [7, 11) is 0. The molecule has 1 saturated heterocycles. The molecule has 2 aliphatic carbocycles. The summed E-state index contributed by atoms with van der Waals surface area (Å²) < 4.78 is 6.46. The Morgan fingerprint density at radius 1 is 1.39 bits per heavy atom. The molecule has 2 saturated carbocycles. The molecule has 23 heavy (non-hydrogen) atoms. The molecule has 2 aromatic rings. The Kier molecular flexibility index (Phi) is 2.66. The number of nitrogens with one attached hydrogen (secondary N) is 1. The van der Waals surface area contributed by atoms with Gasteiger partial charge in [0.15, 0.2) is 5.13 Å². The highest BCUT2D eigenvalue weighted by Gasteiger charge is 2.63. The maximum Gasteiger partial charge on any atom is 0.310 e. The first-order valence-electron chi connectivity index (χ1n) is 7.99. The fourth-order valence-corrected chi connectivity index (χ4v) is 5.60. The standard InChI is InChI=1S/C17H16N2O3S/c1-7-2-3-10-12(4-7)23-17(18-10)19-15(20)13-8-5-9-11(6-8)22-16(21)14(9)13/h2-4,8-9,11,13-14H,5-6H2,1H3,(H,18,19,20)/t8-,9-,11+,13-,14-/m0/s1. The number of hydrogen-bond acceptors (Lipinski definition) is 5. The number of thiazole rings is 1. The van der Waals surface area contributed by atoms with Crippen LogP contribution in [0.25, 0.3) is 10.2 Å². The van der Waals surface area contributed by atoms with E-state index < -0.39 is 0 Å². The van der Waals surface area contributed by atoms with Gasteiger partial charge in [-0.05, 0) is 43.4 Å². The summed E-state index contributed by atoms with van der Waals surface area (Å²) in [5.74, 6) is -0.217. The van der Waals surface area contributed by atoms with Crippen molar-refractivity contribution in [2.24, 2.45) is 23.7 Å². The van der Waals surface area contributed by atoms with Gasteiger partial charge in [0.05, 0.1) is 22.1 Å². The first-order valence-corrected chi connectivity index (χ1v) is 8.80. The van der Waals surface area contributed by atoms with Gasteiger partial charge in [-0.2, -0.15) is 0 Å². The SMILES string of the molecule is Cc1ccc2nc(NC(=O)[C@H]3[C@H]4C[C@@H]5[C@@H]3C(=O)O[C@@H]5C4)sc2c1. The second-order valence-corrected chi connectivity index (χ2v) is 7.93. The van der Waals surface area contributed by atoms with E-state index in [1.54, 1.807) is 0 Å². The highest BCUT2D eigenvalue weighted by molar-refractivity contribution is 7.22. The average Bonchev–Trinajstić information content (AvgIpc) is 3.19. The van der Waals surface area contributed by atoms with Crippen molar-refractivity contribution >= 4 is 38.6 Å². The largest absolute Gasteiger partial charge is 0.462 e. The van der Waals surface area contributed by atoms with Gasteiger partial charge in [0.2, 0.25) is 5.91 Å². The average molecular weight is 328 g/mol. The number of esters is 1. The zero-order valence-electron chi connectivity index (χ0n) is 12.6. The molecule has 1 aromatic carbocycles. The van der Waals surface area contributed by atoms with Gasteiger partial charge in [-0.1, -0.05) is 17.4 Å². The molecule has 6 heteroatoms. The summed E-state index contributed by atoms with van der Waals surface area (Å²) in [6.07, 6.45) is 1.84. The number of amides is 1. The summed E-state index contributed by atoms with van der Waals surface area (Å²) in [6, 6.07) is 6.05. The summed E-state index contributed by atoms with van der Waals surface area (Å²) in [6.45, 7) is 2.04. The van der Waals surface area contributed by atoms with Crippen molar-refractivity contribution in [3.8, 4) is 0 Å². The molecule has 0 unspecified atom stereocenters. The second kappa shape index (κ2) is 4.54. The van der Waals surface area contributed by atoms with Gasteiger partial charge in [0.25, 0.3) is 0 Å². The predicted octanol–water partition coefficient (Wildman–Crippen LogP) is 2.74. The summed E-state index contributed by atoms with van der Waals surface area (Å²) >= 11 is 1.48. The predicted molar refractivity (Wildman–Crippen MR) is 86.1 cm³/mol. The number of rotatable bonds is 2. The summed E-state index contributed by atoms with van der Waals surface area (Å²) in [5.41, 5.74) is 2.07. The van der Waals surface area contributed by atoms with Crippen molar-refractivity contribution in [2.75, 3.05) is 5.32 Å². The lowest BCUT2D eigenvalue weighted by molar-refractivity contribution is -0.145. The van der Waals surface area contributed by atoms with E-state index in [2.05, 4.69) is 16.4 Å². The van der Waals surface area contributed by atoms with Gasteiger partial charge in [0, 0.05) is 5.92 Å². The molecule has 1 aliphatic heterocycles. The third-order valence-corrected chi connectivity index (χ3v) is 6.49. The van der Waals surface area contributed by atoms with Crippen LogP contribution >= 0.6 is 11.3 Å². The van der Waals surface area contributed by atoms with Crippen LogP contribution in [0.5, 0.6) is 0 Å². The van der Waals surface area contributed by atoms with Gasteiger partial charge in [0.1, 0.15) is 6.10 Å². The van der Waals surface area contributed by atoms with E-state index in [0.29, 0.717) is 5.13 Å². The maximum atomic E-state index is 12.7. The fourth-order valence-electron chi connectivity index (χ4n) is 4.64. The molecule has 5 atom stereocenters. The third-order valence-electron chi connectivity index (χ3n) is 5.56. The lowest BCUT2D eigenvalue weighted by Gasteiger charge is -2.22. The lowest BCUT2D eigenvalue weighted by Crippen LogP contribution is -2.35. The highest BCUT2D eigenvalue weighted by Crippen LogP contribution is 2.57. The topological polar surface area (TPSA) is 68.3 Å². The zero-order valence-corrected chi connectivity index (χ0v) is 13.4. The van der Waals surface area contributed by atoms with Crippen molar-refractivity contribution in [3.05, 3.63) is 23.8 Å². The van der Waals surface area contributed by atoms with E-state index in [0.717, 1.165) is 23.1 Å². The number of carbonyl (C=O) groups excluding carboxylic acids is 2. The zero-order chi connectivity index (χ0) is 15.7. The number of anilines is 1. The molecule has 1 N–H and O–H groups in total. The van der Waals surface area contributed by atoms with Crippen LogP contribution in [0.3, 0.4) is 0 Å². The monoisotopic (exact) mass is 328 g/mol. The van der Waals surface area contributed by atoms with Crippen molar-refractivity contribution in [2.45, 2.75) is 25.9 Å². The Morgan fingerprint density at radius 2 is 2.26 bits per heavy atom. The van der Waals surface area contributed by atoms with Crippen LogP contribution in [0.15, 0.2) is 18.2 Å². The number of aryl methyl sites for hydroxylation is 1. The van der Waals surface area contributed by atoms with Crippen molar-refractivity contribution in [1.29, 1.82) is 0 Å². The quantitative estimate of drug-likeness (QED) is 0.861. The van der Waals surface area contributed by atoms with Crippen LogP contribution in [-0.4, -0.2) is 23.0 Å². The minimum absolute atomic E-state index is 0.0620. The molecule has 0 spiro atoms. The fraction of sp³-hybridized carbons (Fsp3) is 0.471. The van der Waals surface area contributed by atoms with Gasteiger partial charge >= 0.3 is 5.97 Å². The number of nitrogens with zero attached hydrogens (tertiary/aromatic N) is 1. The smallest absolute Gasteiger partial charge is 0.310 e. The molecule has 1 amide bonds. The molecular formula is C17H16N2O3S. The lowest BCUT2D eigenvalue weighted by atomic mass is 9.79. The normalized spacial score (nSPS) is 34.1. The Balaban J connectivity index is 1.41. The minimum Gasteiger partial charge on any atom is -0.462 e. The molecule has 2 heterocycles. The van der Waals surface area contributed by atoms with Crippen LogP contribution in [0.4, 0.5) is 5.13 Å². The second-order valence-electron chi connectivity index (χ2n) is 6.90. The molecule has 118 valence electrons. The molecule has 3 aliphatic rings. The van der Waals surface area contributed by atoms with E-state index in [9.17, 15) is 9.59 Å². The first kappa shape index (κ1) is 13.5.